The lowest BCUT2D eigenvalue weighted by Crippen LogP contribution is -2.38. The Labute approximate surface area is 85.0 Å². The molecule has 14 heavy (non-hydrogen) atoms. The Morgan fingerprint density at radius 2 is 1.93 bits per heavy atom. The summed E-state index contributed by atoms with van der Waals surface area (Å²) in [6.45, 7) is 0. The number of fused-ring (bicyclic) bond motifs is 1. The summed E-state index contributed by atoms with van der Waals surface area (Å²) in [6, 6.07) is 0. The summed E-state index contributed by atoms with van der Waals surface area (Å²) < 4.78 is 2.49. The van der Waals surface area contributed by atoms with Gasteiger partial charge in [-0.2, -0.15) is 0 Å². The van der Waals surface area contributed by atoms with Gasteiger partial charge in [0, 0.05) is 20.5 Å². The Morgan fingerprint density at radius 1 is 1.29 bits per heavy atom. The molecule has 0 unspecified atom stereocenters. The number of aromatic nitrogens is 2. The SMILES string of the molecule is Cn1c2c(c(=O)n(C)c1=O)CC(=S)N2. The van der Waals surface area contributed by atoms with Crippen LogP contribution in [0.15, 0.2) is 9.59 Å². The molecule has 6 heteroatoms. The first-order valence-corrected chi connectivity index (χ1v) is 4.52. The van der Waals surface area contributed by atoms with Crippen LogP contribution < -0.4 is 16.6 Å². The number of nitrogens with one attached hydrogen (secondary N) is 1. The summed E-state index contributed by atoms with van der Waals surface area (Å²) in [6.07, 6.45) is 0.422. The Kier molecular flexibility index (Phi) is 1.81. The zero-order chi connectivity index (χ0) is 10.5. The van der Waals surface area contributed by atoms with E-state index in [4.69, 9.17) is 12.2 Å². The van der Waals surface area contributed by atoms with E-state index in [9.17, 15) is 9.59 Å². The number of hydrogen-bond acceptors (Lipinski definition) is 3. The number of hydrogen-bond donors (Lipinski definition) is 1. The largest absolute Gasteiger partial charge is 0.335 e. The first-order valence-electron chi connectivity index (χ1n) is 4.11. The number of thiocarbonyl (C=S) groups is 1. The van der Waals surface area contributed by atoms with Crippen molar-refractivity contribution in [3.8, 4) is 0 Å². The monoisotopic (exact) mass is 211 g/mol. The van der Waals surface area contributed by atoms with Gasteiger partial charge in [0.25, 0.3) is 5.56 Å². The van der Waals surface area contributed by atoms with Crippen LogP contribution in [0.25, 0.3) is 0 Å². The van der Waals surface area contributed by atoms with E-state index in [-0.39, 0.29) is 11.2 Å². The second kappa shape index (κ2) is 2.78. The summed E-state index contributed by atoms with van der Waals surface area (Å²) in [5, 5.41) is 2.86. The van der Waals surface area contributed by atoms with Crippen LogP contribution in [0, 0.1) is 0 Å². The third-order valence-electron chi connectivity index (χ3n) is 2.35. The Hall–Kier alpha value is -1.43. The van der Waals surface area contributed by atoms with Crippen LogP contribution in [0.3, 0.4) is 0 Å². The molecule has 1 aromatic rings. The van der Waals surface area contributed by atoms with E-state index in [1.165, 1.54) is 11.6 Å². The fourth-order valence-corrected chi connectivity index (χ4v) is 1.81. The van der Waals surface area contributed by atoms with Crippen molar-refractivity contribution in [2.75, 3.05) is 5.32 Å². The Morgan fingerprint density at radius 3 is 2.57 bits per heavy atom. The minimum absolute atomic E-state index is 0.268. The average Bonchev–Trinajstić information content (AvgIpc) is 2.54. The molecular formula is C8H9N3O2S. The normalized spacial score (nSPS) is 14.0. The van der Waals surface area contributed by atoms with Crippen LogP contribution in [0.4, 0.5) is 5.82 Å². The number of rotatable bonds is 0. The highest BCUT2D eigenvalue weighted by atomic mass is 32.1. The van der Waals surface area contributed by atoms with Crippen molar-refractivity contribution < 1.29 is 0 Å². The van der Waals surface area contributed by atoms with Crippen molar-refractivity contribution >= 4 is 23.0 Å². The number of nitrogens with zero attached hydrogens (tertiary/aromatic N) is 2. The lowest BCUT2D eigenvalue weighted by molar-refractivity contribution is 0.687. The van der Waals surface area contributed by atoms with Crippen LogP contribution in [0.1, 0.15) is 5.56 Å². The molecule has 0 fully saturated rings. The van der Waals surface area contributed by atoms with E-state index in [2.05, 4.69) is 5.32 Å². The highest BCUT2D eigenvalue weighted by Gasteiger charge is 2.22. The van der Waals surface area contributed by atoms with Gasteiger partial charge in [-0.05, 0) is 0 Å². The van der Waals surface area contributed by atoms with Gasteiger partial charge in [-0.25, -0.2) is 4.79 Å². The maximum Gasteiger partial charge on any atom is 0.332 e. The van der Waals surface area contributed by atoms with Crippen LogP contribution in [0.2, 0.25) is 0 Å². The molecule has 2 heterocycles. The van der Waals surface area contributed by atoms with Crippen LogP contribution >= 0.6 is 12.2 Å². The molecular weight excluding hydrogens is 202 g/mol. The summed E-state index contributed by atoms with van der Waals surface area (Å²) >= 11 is 4.96. The van der Waals surface area contributed by atoms with Crippen molar-refractivity contribution in [3.05, 3.63) is 26.4 Å². The molecule has 0 aliphatic carbocycles. The second-order valence-corrected chi connectivity index (χ2v) is 3.75. The molecule has 0 spiro atoms. The lowest BCUT2D eigenvalue weighted by atomic mass is 10.2. The molecule has 5 nitrogen and oxygen atoms in total. The molecule has 0 saturated heterocycles. The average molecular weight is 211 g/mol. The predicted octanol–water partition coefficient (Wildman–Crippen LogP) is -0.621. The van der Waals surface area contributed by atoms with Gasteiger partial charge in [-0.3, -0.25) is 13.9 Å². The van der Waals surface area contributed by atoms with Crippen molar-refractivity contribution in [1.29, 1.82) is 0 Å². The summed E-state index contributed by atoms with van der Waals surface area (Å²) in [5.41, 5.74) is -0.0407. The maximum absolute atomic E-state index is 11.6. The van der Waals surface area contributed by atoms with Gasteiger partial charge in [-0.1, -0.05) is 12.2 Å². The summed E-state index contributed by atoms with van der Waals surface area (Å²) in [4.78, 5) is 23.7. The van der Waals surface area contributed by atoms with Gasteiger partial charge >= 0.3 is 5.69 Å². The molecule has 0 bridgehead atoms. The summed E-state index contributed by atoms with van der Waals surface area (Å²) in [7, 11) is 3.08. The van der Waals surface area contributed by atoms with Crippen LogP contribution in [0.5, 0.6) is 0 Å². The van der Waals surface area contributed by atoms with Gasteiger partial charge in [0.1, 0.15) is 5.82 Å². The van der Waals surface area contributed by atoms with Crippen molar-refractivity contribution in [1.82, 2.24) is 9.13 Å². The zero-order valence-electron chi connectivity index (χ0n) is 7.83. The van der Waals surface area contributed by atoms with Crippen molar-refractivity contribution in [2.45, 2.75) is 6.42 Å². The molecule has 1 aliphatic rings. The molecule has 0 radical (unpaired) electrons. The third-order valence-corrected chi connectivity index (χ3v) is 2.60. The lowest BCUT2D eigenvalue weighted by Gasteiger charge is -2.07. The Bertz CT molecular complexity index is 541. The minimum Gasteiger partial charge on any atom is -0.335 e. The van der Waals surface area contributed by atoms with Crippen molar-refractivity contribution in [3.63, 3.8) is 0 Å². The quantitative estimate of drug-likeness (QED) is 0.581. The smallest absolute Gasteiger partial charge is 0.332 e. The Balaban J connectivity index is 2.90. The van der Waals surface area contributed by atoms with Gasteiger partial charge in [0.15, 0.2) is 0 Å². The van der Waals surface area contributed by atoms with Crippen molar-refractivity contribution in [2.24, 2.45) is 14.1 Å². The van der Waals surface area contributed by atoms with E-state index in [1.54, 1.807) is 7.05 Å². The fourth-order valence-electron chi connectivity index (χ4n) is 1.57. The summed E-state index contributed by atoms with van der Waals surface area (Å²) in [5.74, 6) is 0.531. The highest BCUT2D eigenvalue weighted by molar-refractivity contribution is 7.80. The van der Waals surface area contributed by atoms with E-state index in [0.717, 1.165) is 4.57 Å². The van der Waals surface area contributed by atoms with Gasteiger partial charge in [0.05, 0.1) is 10.6 Å². The molecule has 0 aromatic carbocycles. The van der Waals surface area contributed by atoms with Gasteiger partial charge in [0.2, 0.25) is 0 Å². The zero-order valence-corrected chi connectivity index (χ0v) is 8.64. The first-order chi connectivity index (χ1) is 6.52. The fraction of sp³-hybridized carbons (Fsp3) is 0.375. The number of anilines is 1. The second-order valence-electron chi connectivity index (χ2n) is 3.26. The van der Waals surface area contributed by atoms with E-state index >= 15 is 0 Å². The molecule has 0 saturated carbocycles. The van der Waals surface area contributed by atoms with E-state index < -0.39 is 0 Å². The standard InChI is InChI=1S/C8H9N3O2S/c1-10-6-4(3-5(14)9-6)7(12)11(2)8(10)13/h3H2,1-2H3,(H,9,14). The molecule has 0 amide bonds. The van der Waals surface area contributed by atoms with Crippen LogP contribution in [-0.2, 0) is 20.5 Å². The van der Waals surface area contributed by atoms with Gasteiger partial charge < -0.3 is 5.32 Å². The van der Waals surface area contributed by atoms with E-state index in [0.29, 0.717) is 22.8 Å². The predicted molar refractivity (Wildman–Crippen MR) is 56.8 cm³/mol. The topological polar surface area (TPSA) is 56.0 Å². The maximum atomic E-state index is 11.6. The molecule has 2 rings (SSSR count). The third kappa shape index (κ3) is 1.04. The van der Waals surface area contributed by atoms with E-state index in [1.807, 2.05) is 0 Å². The highest BCUT2D eigenvalue weighted by Crippen LogP contribution is 2.16. The molecule has 0 atom stereocenters. The first kappa shape index (κ1) is 9.14. The molecule has 1 aromatic heterocycles. The molecule has 1 aliphatic heterocycles. The minimum atomic E-state index is -0.342. The van der Waals surface area contributed by atoms with Crippen LogP contribution in [-0.4, -0.2) is 14.1 Å². The van der Waals surface area contributed by atoms with Gasteiger partial charge in [-0.15, -0.1) is 0 Å². The molecule has 74 valence electrons. The molecule has 1 N–H and O–H groups in total.